The fourth-order valence-corrected chi connectivity index (χ4v) is 1.47. The summed E-state index contributed by atoms with van der Waals surface area (Å²) in [6, 6.07) is 0. The predicted molar refractivity (Wildman–Crippen MR) is 39.8 cm³/mol. The third kappa shape index (κ3) is 1.96. The van der Waals surface area contributed by atoms with E-state index >= 15 is 0 Å². The minimum Gasteiger partial charge on any atom is -0.390 e. The van der Waals surface area contributed by atoms with Crippen LogP contribution in [0.25, 0.3) is 0 Å². The van der Waals surface area contributed by atoms with Crippen molar-refractivity contribution in [1.82, 2.24) is 0 Å². The van der Waals surface area contributed by atoms with Gasteiger partial charge in [-0.05, 0) is 18.8 Å². The van der Waals surface area contributed by atoms with E-state index in [4.69, 9.17) is 4.74 Å². The van der Waals surface area contributed by atoms with Crippen molar-refractivity contribution in [2.45, 2.75) is 32.3 Å². The highest BCUT2D eigenvalue weighted by atomic mass is 16.5. The Labute approximate surface area is 62.2 Å². The smallest absolute Gasteiger partial charge is 0.0802 e. The number of rotatable bonds is 2. The molecule has 1 saturated heterocycles. The van der Waals surface area contributed by atoms with Crippen LogP contribution in [-0.4, -0.2) is 24.4 Å². The molecule has 2 atom stereocenters. The van der Waals surface area contributed by atoms with Crippen LogP contribution in [0.15, 0.2) is 0 Å². The zero-order valence-electron chi connectivity index (χ0n) is 6.55. The average Bonchev–Trinajstić information content (AvgIpc) is 1.94. The van der Waals surface area contributed by atoms with Gasteiger partial charge in [-0.1, -0.05) is 13.3 Å². The van der Waals surface area contributed by atoms with Gasteiger partial charge in [-0.2, -0.15) is 0 Å². The lowest BCUT2D eigenvalue weighted by Gasteiger charge is -2.27. The summed E-state index contributed by atoms with van der Waals surface area (Å²) in [4.78, 5) is 0. The highest BCUT2D eigenvalue weighted by Gasteiger charge is 2.21. The molecule has 1 fully saturated rings. The summed E-state index contributed by atoms with van der Waals surface area (Å²) in [6.07, 6.45) is 3.15. The largest absolute Gasteiger partial charge is 0.390 e. The zero-order chi connectivity index (χ0) is 7.40. The molecule has 1 N–H and O–H groups in total. The summed E-state index contributed by atoms with van der Waals surface area (Å²) in [5, 5.41) is 9.38. The standard InChI is InChI=1S/C8H16O2/c1-2-3-7-4-5-10-6-8(7)9/h7-9H,2-6H2,1H3. The number of ether oxygens (including phenoxy) is 1. The van der Waals surface area contributed by atoms with Crippen LogP contribution in [0.4, 0.5) is 0 Å². The third-order valence-corrected chi connectivity index (χ3v) is 2.13. The molecular weight excluding hydrogens is 128 g/mol. The molecule has 0 aliphatic carbocycles. The van der Waals surface area contributed by atoms with Crippen molar-refractivity contribution >= 4 is 0 Å². The molecule has 0 aromatic heterocycles. The van der Waals surface area contributed by atoms with Crippen LogP contribution in [0.3, 0.4) is 0 Å². The van der Waals surface area contributed by atoms with E-state index in [0.29, 0.717) is 12.5 Å². The second-order valence-electron chi connectivity index (χ2n) is 2.98. The quantitative estimate of drug-likeness (QED) is 0.630. The van der Waals surface area contributed by atoms with Gasteiger partial charge in [0.2, 0.25) is 0 Å². The van der Waals surface area contributed by atoms with E-state index in [-0.39, 0.29) is 6.10 Å². The Kier molecular flexibility index (Phi) is 3.16. The normalized spacial score (nSPS) is 34.2. The van der Waals surface area contributed by atoms with Crippen molar-refractivity contribution < 1.29 is 9.84 Å². The second kappa shape index (κ2) is 3.94. The van der Waals surface area contributed by atoms with Crippen molar-refractivity contribution in [1.29, 1.82) is 0 Å². The molecule has 0 spiro atoms. The molecule has 2 heteroatoms. The van der Waals surface area contributed by atoms with E-state index in [9.17, 15) is 5.11 Å². The van der Waals surface area contributed by atoms with E-state index in [0.717, 1.165) is 19.4 Å². The van der Waals surface area contributed by atoms with Crippen LogP contribution in [0, 0.1) is 5.92 Å². The summed E-state index contributed by atoms with van der Waals surface area (Å²) in [6.45, 7) is 3.54. The number of aliphatic hydroxyl groups is 1. The van der Waals surface area contributed by atoms with E-state index in [1.165, 1.54) is 6.42 Å². The monoisotopic (exact) mass is 144 g/mol. The Morgan fingerprint density at radius 1 is 1.60 bits per heavy atom. The van der Waals surface area contributed by atoms with Crippen molar-refractivity contribution in [3.8, 4) is 0 Å². The van der Waals surface area contributed by atoms with Gasteiger partial charge in [0.15, 0.2) is 0 Å². The van der Waals surface area contributed by atoms with Gasteiger partial charge in [-0.25, -0.2) is 0 Å². The first-order chi connectivity index (χ1) is 4.84. The Bertz CT molecular complexity index is 91.3. The van der Waals surface area contributed by atoms with Crippen molar-refractivity contribution in [2.75, 3.05) is 13.2 Å². The highest BCUT2D eigenvalue weighted by Crippen LogP contribution is 2.19. The number of hydrogen-bond donors (Lipinski definition) is 1. The van der Waals surface area contributed by atoms with Gasteiger partial charge >= 0.3 is 0 Å². The third-order valence-electron chi connectivity index (χ3n) is 2.13. The lowest BCUT2D eigenvalue weighted by atomic mass is 9.93. The summed E-state index contributed by atoms with van der Waals surface area (Å²) in [5.41, 5.74) is 0. The molecular formula is C8H16O2. The molecule has 10 heavy (non-hydrogen) atoms. The summed E-state index contributed by atoms with van der Waals surface area (Å²) >= 11 is 0. The topological polar surface area (TPSA) is 29.5 Å². The maximum Gasteiger partial charge on any atom is 0.0802 e. The molecule has 0 aromatic rings. The molecule has 60 valence electrons. The molecule has 2 nitrogen and oxygen atoms in total. The van der Waals surface area contributed by atoms with E-state index in [1.807, 2.05) is 0 Å². The molecule has 0 amide bonds. The van der Waals surface area contributed by atoms with Gasteiger partial charge in [-0.15, -0.1) is 0 Å². The van der Waals surface area contributed by atoms with Crippen LogP contribution < -0.4 is 0 Å². The van der Waals surface area contributed by atoms with Crippen molar-refractivity contribution in [2.24, 2.45) is 5.92 Å². The Balaban J connectivity index is 2.25. The first kappa shape index (κ1) is 8.02. The Hall–Kier alpha value is -0.0800. The lowest BCUT2D eigenvalue weighted by Crippen LogP contribution is -2.31. The molecule has 1 heterocycles. The molecule has 1 aliphatic heterocycles. The lowest BCUT2D eigenvalue weighted by molar-refractivity contribution is -0.0461. The molecule has 2 unspecified atom stereocenters. The average molecular weight is 144 g/mol. The van der Waals surface area contributed by atoms with E-state index < -0.39 is 0 Å². The number of hydrogen-bond acceptors (Lipinski definition) is 2. The predicted octanol–water partition coefficient (Wildman–Crippen LogP) is 1.18. The zero-order valence-corrected chi connectivity index (χ0v) is 6.55. The first-order valence-electron chi connectivity index (χ1n) is 4.10. The van der Waals surface area contributed by atoms with Gasteiger partial charge in [0.05, 0.1) is 12.7 Å². The van der Waals surface area contributed by atoms with Crippen LogP contribution in [-0.2, 0) is 4.74 Å². The maximum absolute atomic E-state index is 9.38. The minimum absolute atomic E-state index is 0.200. The molecule has 0 bridgehead atoms. The molecule has 0 aromatic carbocycles. The van der Waals surface area contributed by atoms with Gasteiger partial charge in [-0.3, -0.25) is 0 Å². The second-order valence-corrected chi connectivity index (χ2v) is 2.98. The molecule has 0 radical (unpaired) electrons. The van der Waals surface area contributed by atoms with Crippen molar-refractivity contribution in [3.05, 3.63) is 0 Å². The maximum atomic E-state index is 9.38. The first-order valence-corrected chi connectivity index (χ1v) is 4.10. The summed E-state index contributed by atoms with van der Waals surface area (Å²) in [5.74, 6) is 0.499. The van der Waals surface area contributed by atoms with Crippen LogP contribution in [0.2, 0.25) is 0 Å². The van der Waals surface area contributed by atoms with Gasteiger partial charge in [0.1, 0.15) is 0 Å². The molecule has 1 rings (SSSR count). The highest BCUT2D eigenvalue weighted by molar-refractivity contribution is 4.71. The van der Waals surface area contributed by atoms with Gasteiger partial charge in [0, 0.05) is 6.61 Å². The molecule has 0 saturated carbocycles. The van der Waals surface area contributed by atoms with Crippen molar-refractivity contribution in [3.63, 3.8) is 0 Å². The van der Waals surface area contributed by atoms with E-state index in [1.54, 1.807) is 0 Å². The minimum atomic E-state index is -0.200. The number of aliphatic hydroxyl groups excluding tert-OH is 1. The van der Waals surface area contributed by atoms with Crippen LogP contribution in [0.1, 0.15) is 26.2 Å². The van der Waals surface area contributed by atoms with Crippen LogP contribution in [0.5, 0.6) is 0 Å². The van der Waals surface area contributed by atoms with Gasteiger partial charge in [0.25, 0.3) is 0 Å². The summed E-state index contributed by atoms with van der Waals surface area (Å²) in [7, 11) is 0. The summed E-state index contributed by atoms with van der Waals surface area (Å²) < 4.78 is 5.11. The van der Waals surface area contributed by atoms with Crippen LogP contribution >= 0.6 is 0 Å². The van der Waals surface area contributed by atoms with Gasteiger partial charge < -0.3 is 9.84 Å². The molecule has 1 aliphatic rings. The Morgan fingerprint density at radius 2 is 2.40 bits per heavy atom. The van der Waals surface area contributed by atoms with E-state index in [2.05, 4.69) is 6.92 Å². The fourth-order valence-electron chi connectivity index (χ4n) is 1.47. The fraction of sp³-hybridized carbons (Fsp3) is 1.00. The SMILES string of the molecule is CCCC1CCOCC1O. The Morgan fingerprint density at radius 3 is 3.00 bits per heavy atom.